The van der Waals surface area contributed by atoms with Crippen LogP contribution in [0.4, 0.5) is 19.4 Å². The van der Waals surface area contributed by atoms with Gasteiger partial charge in [-0.25, -0.2) is 13.6 Å². The Labute approximate surface area is 197 Å². The number of urea groups is 1. The number of rotatable bonds is 3. The molecule has 3 aliphatic rings. The molecule has 1 saturated carbocycles. The number of hydrogen-bond donors (Lipinski definition) is 2. The fraction of sp³-hybridized carbons (Fsp3) is 0.542. The largest absolute Gasteiger partial charge is 0.321 e. The highest BCUT2D eigenvalue weighted by molar-refractivity contribution is 6.04. The molecule has 2 aliphatic heterocycles. The van der Waals surface area contributed by atoms with E-state index in [1.165, 1.54) is 19.3 Å². The van der Waals surface area contributed by atoms with Gasteiger partial charge in [0.2, 0.25) is 0 Å². The van der Waals surface area contributed by atoms with E-state index in [4.69, 9.17) is 0 Å². The number of carbonyl (C=O) groups is 2. The highest BCUT2D eigenvalue weighted by Crippen LogP contribution is 2.41. The molecule has 34 heavy (non-hydrogen) atoms. The summed E-state index contributed by atoms with van der Waals surface area (Å²) in [5, 5.41) is 9.77. The summed E-state index contributed by atoms with van der Waals surface area (Å²) in [5.41, 5.74) is 0.488. The van der Waals surface area contributed by atoms with Crippen LogP contribution in [0.15, 0.2) is 18.2 Å². The summed E-state index contributed by atoms with van der Waals surface area (Å²) >= 11 is 0. The monoisotopic (exact) mass is 472 g/mol. The Morgan fingerprint density at radius 3 is 2.62 bits per heavy atom. The van der Waals surface area contributed by atoms with Gasteiger partial charge in [-0.3, -0.25) is 14.8 Å². The van der Waals surface area contributed by atoms with Gasteiger partial charge in [0.1, 0.15) is 11.6 Å². The minimum Gasteiger partial charge on any atom is -0.319 e. The highest BCUT2D eigenvalue weighted by atomic mass is 19.1. The molecule has 0 spiro atoms. The van der Waals surface area contributed by atoms with Crippen LogP contribution in [0.5, 0.6) is 0 Å². The molecule has 182 valence electrons. The number of hydrogen-bond acceptors (Lipinski definition) is 4. The molecule has 8 nitrogen and oxygen atoms in total. The second-order valence-corrected chi connectivity index (χ2v) is 10.1. The molecule has 2 aromatic rings. The van der Waals surface area contributed by atoms with Crippen LogP contribution in [0.3, 0.4) is 0 Å². The first-order valence-corrected chi connectivity index (χ1v) is 11.8. The number of H-pyrrole nitrogens is 1. The van der Waals surface area contributed by atoms with Crippen LogP contribution in [0.25, 0.3) is 0 Å². The Hall–Kier alpha value is -3.01. The molecule has 10 heteroatoms. The van der Waals surface area contributed by atoms with E-state index in [0.29, 0.717) is 24.2 Å². The predicted molar refractivity (Wildman–Crippen MR) is 122 cm³/mol. The second-order valence-electron chi connectivity index (χ2n) is 10.1. The van der Waals surface area contributed by atoms with E-state index in [1.807, 2.05) is 18.7 Å². The number of amides is 3. The van der Waals surface area contributed by atoms with Gasteiger partial charge in [-0.2, -0.15) is 5.10 Å². The maximum atomic E-state index is 14.1. The van der Waals surface area contributed by atoms with Gasteiger partial charge in [0.25, 0.3) is 5.91 Å². The van der Waals surface area contributed by atoms with Crippen molar-refractivity contribution in [2.45, 2.75) is 64.2 Å². The van der Waals surface area contributed by atoms with Crippen LogP contribution in [0, 0.1) is 11.6 Å². The van der Waals surface area contributed by atoms with Gasteiger partial charge in [0.15, 0.2) is 5.82 Å². The third kappa shape index (κ3) is 3.73. The number of fused-ring (bicyclic) bond motifs is 1. The van der Waals surface area contributed by atoms with Crippen LogP contribution in [-0.2, 0) is 12.1 Å². The summed E-state index contributed by atoms with van der Waals surface area (Å²) in [6.45, 7) is 8.69. The summed E-state index contributed by atoms with van der Waals surface area (Å²) in [6.07, 6.45) is 3.79. The van der Waals surface area contributed by atoms with Gasteiger partial charge in [-0.1, -0.05) is 6.42 Å². The van der Waals surface area contributed by atoms with Gasteiger partial charge < -0.3 is 15.1 Å². The lowest BCUT2D eigenvalue weighted by atomic mass is 9.90. The lowest BCUT2D eigenvalue weighted by molar-refractivity contribution is 0.0266. The molecule has 1 aromatic carbocycles. The van der Waals surface area contributed by atoms with Gasteiger partial charge in [0.05, 0.1) is 23.3 Å². The van der Waals surface area contributed by atoms with Crippen molar-refractivity contribution >= 4 is 17.8 Å². The molecule has 5 rings (SSSR count). The minimum atomic E-state index is -0.947. The molecule has 0 bridgehead atoms. The maximum Gasteiger partial charge on any atom is 0.321 e. The van der Waals surface area contributed by atoms with Crippen molar-refractivity contribution in [2.75, 3.05) is 25.0 Å². The Morgan fingerprint density at radius 1 is 1.21 bits per heavy atom. The topological polar surface area (TPSA) is 84.6 Å². The van der Waals surface area contributed by atoms with E-state index >= 15 is 0 Å². The molecule has 1 atom stereocenters. The molecule has 3 amide bonds. The number of halogens is 2. The number of carbonyl (C=O) groups excluding carboxylic acids is 2. The van der Waals surface area contributed by atoms with Crippen molar-refractivity contribution in [1.82, 2.24) is 24.9 Å². The maximum absolute atomic E-state index is 14.1. The summed E-state index contributed by atoms with van der Waals surface area (Å²) in [7, 11) is 0. The average Bonchev–Trinajstić information content (AvgIpc) is 3.24. The fourth-order valence-corrected chi connectivity index (χ4v) is 5.28. The molecular formula is C24H30F2N6O2. The van der Waals surface area contributed by atoms with Crippen LogP contribution < -0.4 is 5.32 Å². The van der Waals surface area contributed by atoms with Crippen LogP contribution in [0.1, 0.15) is 61.6 Å². The van der Waals surface area contributed by atoms with E-state index in [0.717, 1.165) is 30.9 Å². The van der Waals surface area contributed by atoms with Crippen molar-refractivity contribution in [3.63, 3.8) is 0 Å². The number of benzene rings is 1. The van der Waals surface area contributed by atoms with Crippen LogP contribution in [-0.4, -0.2) is 68.6 Å². The molecule has 3 heterocycles. The summed E-state index contributed by atoms with van der Waals surface area (Å²) in [4.78, 5) is 32.4. The Bertz CT molecular complexity index is 1130. The number of anilines is 1. The van der Waals surface area contributed by atoms with Gasteiger partial charge >= 0.3 is 6.03 Å². The number of aromatic nitrogens is 2. The zero-order chi connectivity index (χ0) is 24.2. The lowest BCUT2D eigenvalue weighted by Gasteiger charge is -2.47. The summed E-state index contributed by atoms with van der Waals surface area (Å²) in [5.74, 6) is -2.18. The Kier molecular flexibility index (Phi) is 5.58. The van der Waals surface area contributed by atoms with Crippen molar-refractivity contribution < 1.29 is 18.4 Å². The smallest absolute Gasteiger partial charge is 0.319 e. The van der Waals surface area contributed by atoms with E-state index < -0.39 is 23.1 Å². The molecule has 1 aliphatic carbocycles. The fourth-order valence-electron chi connectivity index (χ4n) is 5.28. The molecular weight excluding hydrogens is 442 g/mol. The Morgan fingerprint density at radius 2 is 1.97 bits per heavy atom. The van der Waals surface area contributed by atoms with Crippen molar-refractivity contribution in [3.05, 3.63) is 46.7 Å². The molecule has 2 fully saturated rings. The number of piperazine rings is 1. The average molecular weight is 473 g/mol. The zero-order valence-electron chi connectivity index (χ0n) is 19.7. The highest BCUT2D eigenvalue weighted by Gasteiger charge is 2.46. The van der Waals surface area contributed by atoms with E-state index in [1.54, 1.807) is 4.90 Å². The standard InChI is InChI=1S/C24H30F2N6O2/c1-14-12-30(16-5-4-6-16)9-10-31(14)23(34)32-13-18-20(24(32,2)3)28-29-21(18)27-22(33)17-8-7-15(25)11-19(17)26/h7-8,11,14,16H,4-6,9-10,12-13H2,1-3H3,(H2,27,28,29,33)/t14-/m0/s1. The number of aromatic amines is 1. The van der Waals surface area contributed by atoms with E-state index in [9.17, 15) is 18.4 Å². The van der Waals surface area contributed by atoms with Crippen LogP contribution in [0.2, 0.25) is 0 Å². The first kappa shape index (κ1) is 22.8. The number of nitrogens with zero attached hydrogens (tertiary/aromatic N) is 4. The third-order valence-corrected chi connectivity index (χ3v) is 7.60. The first-order valence-electron chi connectivity index (χ1n) is 11.8. The van der Waals surface area contributed by atoms with Crippen molar-refractivity contribution in [2.24, 2.45) is 0 Å². The molecule has 1 aromatic heterocycles. The van der Waals surface area contributed by atoms with E-state index in [-0.39, 0.29) is 30.0 Å². The third-order valence-electron chi connectivity index (χ3n) is 7.60. The van der Waals surface area contributed by atoms with Crippen molar-refractivity contribution in [1.29, 1.82) is 0 Å². The Balaban J connectivity index is 1.31. The molecule has 1 saturated heterocycles. The first-order chi connectivity index (χ1) is 16.2. The van der Waals surface area contributed by atoms with Gasteiger partial charge in [-0.05, 0) is 45.7 Å². The normalized spacial score (nSPS) is 22.4. The predicted octanol–water partition coefficient (Wildman–Crippen LogP) is 3.67. The molecule has 0 radical (unpaired) electrons. The van der Waals surface area contributed by atoms with Gasteiger partial charge in [-0.15, -0.1) is 0 Å². The van der Waals surface area contributed by atoms with Crippen LogP contribution >= 0.6 is 0 Å². The zero-order valence-corrected chi connectivity index (χ0v) is 19.7. The molecule has 2 N–H and O–H groups in total. The summed E-state index contributed by atoms with van der Waals surface area (Å²) < 4.78 is 27.3. The minimum absolute atomic E-state index is 0.0442. The van der Waals surface area contributed by atoms with E-state index in [2.05, 4.69) is 27.3 Å². The SMILES string of the molecule is C[C@H]1CN(C2CCC2)CCN1C(=O)N1Cc2c(NC(=O)c3ccc(F)cc3F)n[nH]c2C1(C)C. The quantitative estimate of drug-likeness (QED) is 0.714. The summed E-state index contributed by atoms with van der Waals surface area (Å²) in [6, 6.07) is 3.51. The lowest BCUT2D eigenvalue weighted by Crippen LogP contribution is -2.60. The van der Waals surface area contributed by atoms with Gasteiger partial charge in [0, 0.05) is 43.3 Å². The van der Waals surface area contributed by atoms with Crippen molar-refractivity contribution in [3.8, 4) is 0 Å². The molecule has 0 unspecified atom stereocenters. The number of nitrogens with one attached hydrogen (secondary N) is 2. The second kappa shape index (κ2) is 8.33.